The van der Waals surface area contributed by atoms with E-state index in [-0.39, 0.29) is 30.1 Å². The van der Waals surface area contributed by atoms with Gasteiger partial charge in [-0.1, -0.05) is 12.1 Å². The van der Waals surface area contributed by atoms with Gasteiger partial charge in [0.15, 0.2) is 0 Å². The SMILES string of the molecule is COc1cc[nH]c(=O)c1C(=O)NCCNc1ccccc1[N+](=O)[O-]. The summed E-state index contributed by atoms with van der Waals surface area (Å²) in [5.74, 6) is -0.416. The number of H-pyrrole nitrogens is 1. The summed E-state index contributed by atoms with van der Waals surface area (Å²) in [4.78, 5) is 36.6. The van der Waals surface area contributed by atoms with Gasteiger partial charge in [-0.05, 0) is 12.1 Å². The van der Waals surface area contributed by atoms with Crippen molar-refractivity contribution < 1.29 is 14.5 Å². The van der Waals surface area contributed by atoms with E-state index in [1.54, 1.807) is 18.2 Å². The predicted molar refractivity (Wildman–Crippen MR) is 87.5 cm³/mol. The second kappa shape index (κ2) is 7.77. The summed E-state index contributed by atoms with van der Waals surface area (Å²) in [6.45, 7) is 0.423. The fraction of sp³-hybridized carbons (Fsp3) is 0.200. The Morgan fingerprint density at radius 2 is 2.04 bits per heavy atom. The number of rotatable bonds is 7. The minimum absolute atomic E-state index is 0.0509. The summed E-state index contributed by atoms with van der Waals surface area (Å²) in [6, 6.07) is 7.67. The topological polar surface area (TPSA) is 126 Å². The van der Waals surface area contributed by atoms with E-state index in [1.165, 1.54) is 25.4 Å². The van der Waals surface area contributed by atoms with E-state index < -0.39 is 16.4 Å². The summed E-state index contributed by atoms with van der Waals surface area (Å²) in [5.41, 5.74) is -0.374. The third kappa shape index (κ3) is 3.88. The number of amides is 1. The van der Waals surface area contributed by atoms with Gasteiger partial charge in [0.05, 0.1) is 12.0 Å². The average molecular weight is 332 g/mol. The lowest BCUT2D eigenvalue weighted by Gasteiger charge is -2.09. The van der Waals surface area contributed by atoms with Gasteiger partial charge < -0.3 is 20.4 Å². The lowest BCUT2D eigenvalue weighted by Crippen LogP contribution is -2.33. The van der Waals surface area contributed by atoms with Crippen LogP contribution in [0.25, 0.3) is 0 Å². The maximum atomic E-state index is 12.1. The Kier molecular flexibility index (Phi) is 5.50. The first-order valence-electron chi connectivity index (χ1n) is 7.05. The van der Waals surface area contributed by atoms with E-state index in [4.69, 9.17) is 4.74 Å². The number of hydrogen-bond donors (Lipinski definition) is 3. The van der Waals surface area contributed by atoms with Gasteiger partial charge in [-0.3, -0.25) is 19.7 Å². The predicted octanol–water partition coefficient (Wildman–Crippen LogP) is 1.13. The van der Waals surface area contributed by atoms with E-state index >= 15 is 0 Å². The highest BCUT2D eigenvalue weighted by atomic mass is 16.6. The minimum atomic E-state index is -0.585. The Morgan fingerprint density at radius 1 is 1.29 bits per heavy atom. The molecule has 2 aromatic rings. The molecule has 0 radical (unpaired) electrons. The van der Waals surface area contributed by atoms with Crippen LogP contribution in [0.2, 0.25) is 0 Å². The number of aromatic nitrogens is 1. The first kappa shape index (κ1) is 17.0. The van der Waals surface area contributed by atoms with Crippen LogP contribution in [0.3, 0.4) is 0 Å². The van der Waals surface area contributed by atoms with Crippen molar-refractivity contribution in [3.8, 4) is 5.75 Å². The van der Waals surface area contributed by atoms with Crippen LogP contribution in [0.15, 0.2) is 41.3 Å². The molecule has 1 heterocycles. The molecular weight excluding hydrogens is 316 g/mol. The molecule has 0 saturated carbocycles. The first-order chi connectivity index (χ1) is 11.5. The molecule has 126 valence electrons. The van der Waals surface area contributed by atoms with Crippen molar-refractivity contribution in [2.24, 2.45) is 0 Å². The molecule has 9 nitrogen and oxygen atoms in total. The molecule has 0 spiro atoms. The number of nitrogens with one attached hydrogen (secondary N) is 3. The number of benzene rings is 1. The van der Waals surface area contributed by atoms with E-state index in [2.05, 4.69) is 15.6 Å². The number of aromatic amines is 1. The Balaban J connectivity index is 1.95. The number of methoxy groups -OCH3 is 1. The average Bonchev–Trinajstić information content (AvgIpc) is 2.58. The molecule has 24 heavy (non-hydrogen) atoms. The van der Waals surface area contributed by atoms with Gasteiger partial charge in [-0.25, -0.2) is 0 Å². The first-order valence-corrected chi connectivity index (χ1v) is 7.05. The van der Waals surface area contributed by atoms with E-state index in [9.17, 15) is 19.7 Å². The van der Waals surface area contributed by atoms with Crippen LogP contribution in [0, 0.1) is 10.1 Å². The van der Waals surface area contributed by atoms with Crippen LogP contribution in [0.5, 0.6) is 5.75 Å². The zero-order chi connectivity index (χ0) is 17.5. The summed E-state index contributed by atoms with van der Waals surface area (Å²) < 4.78 is 4.99. The van der Waals surface area contributed by atoms with Crippen molar-refractivity contribution in [3.05, 3.63) is 62.6 Å². The highest BCUT2D eigenvalue weighted by molar-refractivity contribution is 5.96. The number of carbonyl (C=O) groups excluding carboxylic acids is 1. The number of anilines is 1. The molecule has 0 fully saturated rings. The molecule has 3 N–H and O–H groups in total. The third-order valence-electron chi connectivity index (χ3n) is 3.20. The van der Waals surface area contributed by atoms with Gasteiger partial charge in [0.1, 0.15) is 17.0 Å². The Hall–Kier alpha value is -3.36. The Morgan fingerprint density at radius 3 is 2.75 bits per heavy atom. The quantitative estimate of drug-likeness (QED) is 0.396. The molecule has 1 aromatic carbocycles. The van der Waals surface area contributed by atoms with E-state index in [0.29, 0.717) is 5.69 Å². The summed E-state index contributed by atoms with van der Waals surface area (Å²) in [7, 11) is 1.36. The van der Waals surface area contributed by atoms with Gasteiger partial charge >= 0.3 is 0 Å². The van der Waals surface area contributed by atoms with Crippen LogP contribution in [0.4, 0.5) is 11.4 Å². The fourth-order valence-corrected chi connectivity index (χ4v) is 2.09. The van der Waals surface area contributed by atoms with Gasteiger partial charge in [0.2, 0.25) is 0 Å². The highest BCUT2D eigenvalue weighted by Crippen LogP contribution is 2.22. The molecule has 0 atom stereocenters. The van der Waals surface area contributed by atoms with E-state index in [0.717, 1.165) is 0 Å². The Bertz CT molecular complexity index is 802. The zero-order valence-electron chi connectivity index (χ0n) is 12.9. The molecule has 1 aromatic heterocycles. The number of nitrogens with zero attached hydrogens (tertiary/aromatic N) is 1. The molecular formula is C15H16N4O5. The van der Waals surface area contributed by atoms with Crippen LogP contribution in [-0.4, -0.2) is 36.0 Å². The lowest BCUT2D eigenvalue weighted by molar-refractivity contribution is -0.384. The van der Waals surface area contributed by atoms with Crippen LogP contribution < -0.4 is 20.9 Å². The molecule has 9 heteroatoms. The molecule has 1 amide bonds. The van der Waals surface area contributed by atoms with E-state index in [1.807, 2.05) is 0 Å². The molecule has 0 bridgehead atoms. The fourth-order valence-electron chi connectivity index (χ4n) is 2.09. The monoisotopic (exact) mass is 332 g/mol. The maximum Gasteiger partial charge on any atom is 0.292 e. The second-order valence-corrected chi connectivity index (χ2v) is 4.71. The molecule has 0 saturated heterocycles. The number of carbonyl (C=O) groups is 1. The number of hydrogen-bond acceptors (Lipinski definition) is 6. The van der Waals surface area contributed by atoms with Crippen molar-refractivity contribution in [1.29, 1.82) is 0 Å². The number of pyridine rings is 1. The summed E-state index contributed by atoms with van der Waals surface area (Å²) in [6.07, 6.45) is 1.38. The summed E-state index contributed by atoms with van der Waals surface area (Å²) >= 11 is 0. The molecule has 0 aliphatic rings. The maximum absolute atomic E-state index is 12.1. The van der Waals surface area contributed by atoms with Crippen molar-refractivity contribution in [1.82, 2.24) is 10.3 Å². The third-order valence-corrected chi connectivity index (χ3v) is 3.20. The van der Waals surface area contributed by atoms with Crippen LogP contribution in [0.1, 0.15) is 10.4 Å². The lowest BCUT2D eigenvalue weighted by atomic mass is 10.2. The summed E-state index contributed by atoms with van der Waals surface area (Å²) in [5, 5.41) is 16.3. The molecule has 0 unspecified atom stereocenters. The largest absolute Gasteiger partial charge is 0.496 e. The second-order valence-electron chi connectivity index (χ2n) is 4.71. The number of ether oxygens (including phenoxy) is 1. The normalized spacial score (nSPS) is 10.0. The number of nitro benzene ring substituents is 1. The minimum Gasteiger partial charge on any atom is -0.496 e. The van der Waals surface area contributed by atoms with Gasteiger partial charge in [-0.15, -0.1) is 0 Å². The molecule has 0 aliphatic carbocycles. The number of para-hydroxylation sites is 2. The van der Waals surface area contributed by atoms with Crippen LogP contribution in [-0.2, 0) is 0 Å². The molecule has 0 aliphatic heterocycles. The van der Waals surface area contributed by atoms with Crippen molar-refractivity contribution >= 4 is 17.3 Å². The van der Waals surface area contributed by atoms with Crippen molar-refractivity contribution in [2.75, 3.05) is 25.5 Å². The van der Waals surface area contributed by atoms with Crippen molar-refractivity contribution in [2.45, 2.75) is 0 Å². The van der Waals surface area contributed by atoms with Gasteiger partial charge in [-0.2, -0.15) is 0 Å². The van der Waals surface area contributed by atoms with Gasteiger partial charge in [0.25, 0.3) is 17.2 Å². The standard InChI is InChI=1S/C15H16N4O5/c1-24-12-6-7-17-14(20)13(12)15(21)18-9-8-16-10-4-2-3-5-11(10)19(22)23/h2-7,16H,8-9H2,1H3,(H,17,20)(H,18,21). The van der Waals surface area contributed by atoms with Crippen LogP contribution >= 0.6 is 0 Å². The number of nitro groups is 1. The van der Waals surface area contributed by atoms with Gasteiger partial charge in [0, 0.05) is 25.4 Å². The molecule has 2 rings (SSSR count). The zero-order valence-corrected chi connectivity index (χ0v) is 12.9. The van der Waals surface area contributed by atoms with Crippen molar-refractivity contribution in [3.63, 3.8) is 0 Å². The Labute approximate surface area is 136 Å². The highest BCUT2D eigenvalue weighted by Gasteiger charge is 2.16. The smallest absolute Gasteiger partial charge is 0.292 e.